The fourth-order valence-corrected chi connectivity index (χ4v) is 2.64. The predicted molar refractivity (Wildman–Crippen MR) is 102 cm³/mol. The Morgan fingerprint density at radius 3 is 2.40 bits per heavy atom. The van der Waals surface area contributed by atoms with Gasteiger partial charge in [-0.2, -0.15) is 0 Å². The standard InChI is InChI=1S/C21H26N2O2/c1-16(2)23(15-18-8-5-4-6-9-18)21(25)12-13-22-20-11-7-10-19(14-20)17(3)24/h4-11,14,16,22H,12-13,15H2,1-3H3. The Bertz CT molecular complexity index is 711. The fourth-order valence-electron chi connectivity index (χ4n) is 2.64. The zero-order valence-corrected chi connectivity index (χ0v) is 15.2. The van der Waals surface area contributed by atoms with Crippen LogP contribution in [0.3, 0.4) is 0 Å². The highest BCUT2D eigenvalue weighted by atomic mass is 16.2. The molecule has 4 nitrogen and oxygen atoms in total. The van der Waals surface area contributed by atoms with Crippen LogP contribution in [0.25, 0.3) is 0 Å². The largest absolute Gasteiger partial charge is 0.385 e. The van der Waals surface area contributed by atoms with Crippen LogP contribution in [0.4, 0.5) is 5.69 Å². The molecule has 0 fully saturated rings. The van der Waals surface area contributed by atoms with Gasteiger partial charge in [0, 0.05) is 36.8 Å². The molecule has 2 aromatic rings. The van der Waals surface area contributed by atoms with Crippen molar-refractivity contribution in [3.8, 4) is 0 Å². The van der Waals surface area contributed by atoms with E-state index in [-0.39, 0.29) is 17.7 Å². The highest BCUT2D eigenvalue weighted by Crippen LogP contribution is 2.13. The molecule has 2 aromatic carbocycles. The number of amides is 1. The van der Waals surface area contributed by atoms with Crippen molar-refractivity contribution < 1.29 is 9.59 Å². The summed E-state index contributed by atoms with van der Waals surface area (Å²) < 4.78 is 0. The molecule has 0 aliphatic rings. The Balaban J connectivity index is 1.91. The number of carbonyl (C=O) groups is 2. The Morgan fingerprint density at radius 2 is 1.76 bits per heavy atom. The van der Waals surface area contributed by atoms with Crippen LogP contribution >= 0.6 is 0 Å². The van der Waals surface area contributed by atoms with Crippen LogP contribution in [0.2, 0.25) is 0 Å². The monoisotopic (exact) mass is 338 g/mol. The van der Waals surface area contributed by atoms with Gasteiger partial charge in [0.15, 0.2) is 5.78 Å². The van der Waals surface area contributed by atoms with Gasteiger partial charge < -0.3 is 10.2 Å². The van der Waals surface area contributed by atoms with Gasteiger partial charge in [0.1, 0.15) is 0 Å². The number of carbonyl (C=O) groups excluding carboxylic acids is 2. The second kappa shape index (κ2) is 9.02. The third-order valence-corrected chi connectivity index (χ3v) is 4.08. The zero-order valence-electron chi connectivity index (χ0n) is 15.2. The number of nitrogens with one attached hydrogen (secondary N) is 1. The van der Waals surface area contributed by atoms with Crippen LogP contribution in [0.1, 0.15) is 43.1 Å². The van der Waals surface area contributed by atoms with Gasteiger partial charge in [0.2, 0.25) is 5.91 Å². The second-order valence-electron chi connectivity index (χ2n) is 6.41. The lowest BCUT2D eigenvalue weighted by molar-refractivity contribution is -0.133. The lowest BCUT2D eigenvalue weighted by atomic mass is 10.1. The topological polar surface area (TPSA) is 49.4 Å². The van der Waals surface area contributed by atoms with Crippen molar-refractivity contribution in [2.24, 2.45) is 0 Å². The predicted octanol–water partition coefficient (Wildman–Crippen LogP) is 4.13. The minimum absolute atomic E-state index is 0.0357. The molecule has 0 atom stereocenters. The minimum Gasteiger partial charge on any atom is -0.385 e. The summed E-state index contributed by atoms with van der Waals surface area (Å²) in [7, 11) is 0. The highest BCUT2D eigenvalue weighted by molar-refractivity contribution is 5.94. The number of hydrogen-bond acceptors (Lipinski definition) is 3. The summed E-state index contributed by atoms with van der Waals surface area (Å²) in [6.45, 7) is 6.78. The van der Waals surface area contributed by atoms with E-state index in [0.717, 1.165) is 11.3 Å². The maximum absolute atomic E-state index is 12.6. The first kappa shape index (κ1) is 18.7. The number of Topliss-reactive ketones (excluding diaryl/α,β-unsaturated/α-hetero) is 1. The van der Waals surface area contributed by atoms with Gasteiger partial charge in [-0.15, -0.1) is 0 Å². The number of nitrogens with zero attached hydrogens (tertiary/aromatic N) is 1. The lowest BCUT2D eigenvalue weighted by Crippen LogP contribution is -2.37. The first-order valence-corrected chi connectivity index (χ1v) is 8.65. The van der Waals surface area contributed by atoms with Crippen LogP contribution in [-0.4, -0.2) is 29.2 Å². The molecular weight excluding hydrogens is 312 g/mol. The van der Waals surface area contributed by atoms with E-state index >= 15 is 0 Å². The number of anilines is 1. The molecule has 0 saturated heterocycles. The van der Waals surface area contributed by atoms with E-state index in [2.05, 4.69) is 5.32 Å². The van der Waals surface area contributed by atoms with Crippen molar-refractivity contribution in [3.63, 3.8) is 0 Å². The Morgan fingerprint density at radius 1 is 1.04 bits per heavy atom. The third kappa shape index (κ3) is 5.75. The van der Waals surface area contributed by atoms with Crippen molar-refractivity contribution in [2.75, 3.05) is 11.9 Å². The summed E-state index contributed by atoms with van der Waals surface area (Å²) in [6, 6.07) is 17.5. The van der Waals surface area contributed by atoms with E-state index in [1.54, 1.807) is 13.0 Å². The molecule has 25 heavy (non-hydrogen) atoms. The molecule has 0 heterocycles. The molecule has 1 amide bonds. The maximum Gasteiger partial charge on any atom is 0.224 e. The quantitative estimate of drug-likeness (QED) is 0.736. The SMILES string of the molecule is CC(=O)c1cccc(NCCC(=O)N(Cc2ccccc2)C(C)C)c1. The van der Waals surface area contributed by atoms with Gasteiger partial charge in [0.25, 0.3) is 0 Å². The van der Waals surface area contributed by atoms with Gasteiger partial charge in [-0.3, -0.25) is 9.59 Å². The molecule has 0 saturated carbocycles. The van der Waals surface area contributed by atoms with Crippen LogP contribution < -0.4 is 5.32 Å². The first-order chi connectivity index (χ1) is 12.0. The minimum atomic E-state index is 0.0357. The van der Waals surface area contributed by atoms with Crippen LogP contribution in [0.15, 0.2) is 54.6 Å². The number of rotatable bonds is 8. The Hall–Kier alpha value is -2.62. The van der Waals surface area contributed by atoms with Crippen molar-refractivity contribution in [3.05, 3.63) is 65.7 Å². The number of ketones is 1. The van der Waals surface area contributed by atoms with Gasteiger partial charge >= 0.3 is 0 Å². The Labute approximate surface area is 149 Å². The highest BCUT2D eigenvalue weighted by Gasteiger charge is 2.16. The van der Waals surface area contributed by atoms with Gasteiger partial charge in [0.05, 0.1) is 0 Å². The smallest absolute Gasteiger partial charge is 0.224 e. The summed E-state index contributed by atoms with van der Waals surface area (Å²) in [5.74, 6) is 0.155. The average molecular weight is 338 g/mol. The molecule has 1 N–H and O–H groups in total. The molecule has 2 rings (SSSR count). The molecule has 132 valence electrons. The van der Waals surface area contributed by atoms with E-state index in [1.165, 1.54) is 0 Å². The molecule has 0 aliphatic heterocycles. The molecule has 0 aromatic heterocycles. The number of hydrogen-bond donors (Lipinski definition) is 1. The summed E-state index contributed by atoms with van der Waals surface area (Å²) in [6.07, 6.45) is 0.412. The molecule has 0 bridgehead atoms. The van der Waals surface area contributed by atoms with E-state index in [9.17, 15) is 9.59 Å². The van der Waals surface area contributed by atoms with Gasteiger partial charge in [-0.25, -0.2) is 0 Å². The van der Waals surface area contributed by atoms with Crippen molar-refractivity contribution in [1.82, 2.24) is 4.90 Å². The average Bonchev–Trinajstić information content (AvgIpc) is 2.60. The molecule has 4 heteroatoms. The van der Waals surface area contributed by atoms with E-state index in [4.69, 9.17) is 0 Å². The third-order valence-electron chi connectivity index (χ3n) is 4.08. The van der Waals surface area contributed by atoms with E-state index < -0.39 is 0 Å². The molecule has 0 spiro atoms. The lowest BCUT2D eigenvalue weighted by Gasteiger charge is -2.27. The zero-order chi connectivity index (χ0) is 18.2. The molecule has 0 unspecified atom stereocenters. The fraction of sp³-hybridized carbons (Fsp3) is 0.333. The summed E-state index contributed by atoms with van der Waals surface area (Å²) in [5.41, 5.74) is 2.66. The summed E-state index contributed by atoms with van der Waals surface area (Å²) in [4.78, 5) is 25.9. The molecule has 0 radical (unpaired) electrons. The Kier molecular flexibility index (Phi) is 6.75. The molecule has 0 aliphatic carbocycles. The van der Waals surface area contributed by atoms with Gasteiger partial charge in [-0.1, -0.05) is 42.5 Å². The summed E-state index contributed by atoms with van der Waals surface area (Å²) in [5, 5.41) is 3.23. The first-order valence-electron chi connectivity index (χ1n) is 8.65. The van der Waals surface area contributed by atoms with Crippen molar-refractivity contribution in [1.29, 1.82) is 0 Å². The maximum atomic E-state index is 12.6. The normalized spacial score (nSPS) is 10.6. The van der Waals surface area contributed by atoms with Crippen LogP contribution in [0, 0.1) is 0 Å². The van der Waals surface area contributed by atoms with Gasteiger partial charge in [-0.05, 0) is 38.5 Å². The number of benzene rings is 2. The molecular formula is C21H26N2O2. The van der Waals surface area contributed by atoms with Crippen LogP contribution in [0.5, 0.6) is 0 Å². The summed E-state index contributed by atoms with van der Waals surface area (Å²) >= 11 is 0. The van der Waals surface area contributed by atoms with Crippen molar-refractivity contribution in [2.45, 2.75) is 39.8 Å². The van der Waals surface area contributed by atoms with Crippen molar-refractivity contribution >= 4 is 17.4 Å². The van der Waals surface area contributed by atoms with Crippen LogP contribution in [-0.2, 0) is 11.3 Å². The second-order valence-corrected chi connectivity index (χ2v) is 6.41. The van der Waals surface area contributed by atoms with E-state index in [1.807, 2.05) is 67.3 Å². The van der Waals surface area contributed by atoms with E-state index in [0.29, 0.717) is 25.1 Å².